The summed E-state index contributed by atoms with van der Waals surface area (Å²) in [4.78, 5) is 28.4. The van der Waals surface area contributed by atoms with Crippen molar-refractivity contribution in [2.24, 2.45) is 11.7 Å². The second kappa shape index (κ2) is 15.2. The largest absolute Gasteiger partial charge is 0.456 e. The molecule has 0 bridgehead atoms. The Hall–Kier alpha value is -2.84. The van der Waals surface area contributed by atoms with Crippen LogP contribution >= 0.6 is 0 Å². The molecule has 0 radical (unpaired) electrons. The maximum Gasteiger partial charge on any atom is 0.338 e. The summed E-state index contributed by atoms with van der Waals surface area (Å²) in [5.41, 5.74) is 8.40. The maximum atomic E-state index is 13.8. The molecular formula is C32H45F2N3O3. The van der Waals surface area contributed by atoms with Gasteiger partial charge in [-0.2, -0.15) is 0 Å². The fourth-order valence-corrected chi connectivity index (χ4v) is 5.58. The third-order valence-corrected chi connectivity index (χ3v) is 7.51. The number of carbonyl (C=O) groups is 2. The van der Waals surface area contributed by atoms with Gasteiger partial charge in [-0.05, 0) is 86.4 Å². The number of halogens is 2. The zero-order chi connectivity index (χ0) is 29.2. The van der Waals surface area contributed by atoms with Gasteiger partial charge in [0.25, 0.3) is 5.91 Å². The van der Waals surface area contributed by atoms with E-state index in [1.807, 2.05) is 20.8 Å². The zero-order valence-electron chi connectivity index (χ0n) is 24.3. The van der Waals surface area contributed by atoms with Gasteiger partial charge in [0.05, 0.1) is 5.56 Å². The van der Waals surface area contributed by atoms with Crippen LogP contribution in [0, 0.1) is 24.5 Å². The Morgan fingerprint density at radius 1 is 1.02 bits per heavy atom. The molecule has 1 aliphatic carbocycles. The SMILES string of the molecule is CCCN(CCC)C(=O)c1cc(C)cc(C(=O)O[C@H](CNC2CCCC(C)C2)[C@@H](N)Cc2cc(F)cc(F)c2)c1. The number of nitrogens with zero attached hydrogens (tertiary/aromatic N) is 1. The predicted molar refractivity (Wildman–Crippen MR) is 154 cm³/mol. The van der Waals surface area contributed by atoms with Crippen molar-refractivity contribution >= 4 is 11.9 Å². The summed E-state index contributed by atoms with van der Waals surface area (Å²) < 4.78 is 33.6. The molecule has 1 saturated carbocycles. The Morgan fingerprint density at radius 3 is 2.30 bits per heavy atom. The number of aryl methyl sites for hydroxylation is 1. The predicted octanol–water partition coefficient (Wildman–Crippen LogP) is 5.80. The van der Waals surface area contributed by atoms with Crippen molar-refractivity contribution in [3.8, 4) is 0 Å². The molecule has 2 aromatic carbocycles. The van der Waals surface area contributed by atoms with Gasteiger partial charge in [-0.15, -0.1) is 0 Å². The first kappa shape index (κ1) is 31.7. The molecule has 0 saturated heterocycles. The summed E-state index contributed by atoms with van der Waals surface area (Å²) in [7, 11) is 0. The monoisotopic (exact) mass is 557 g/mol. The summed E-state index contributed by atoms with van der Waals surface area (Å²) in [6.07, 6.45) is 5.46. The van der Waals surface area contributed by atoms with Crippen molar-refractivity contribution in [1.29, 1.82) is 0 Å². The normalized spacial score (nSPS) is 18.7. The zero-order valence-corrected chi connectivity index (χ0v) is 24.3. The van der Waals surface area contributed by atoms with E-state index >= 15 is 0 Å². The first-order valence-corrected chi connectivity index (χ1v) is 14.6. The molecule has 2 unspecified atom stereocenters. The fraction of sp³-hybridized carbons (Fsp3) is 0.562. The lowest BCUT2D eigenvalue weighted by molar-refractivity contribution is 0.0226. The Kier molecular flexibility index (Phi) is 12.1. The number of nitrogens with two attached hydrogens (primary N) is 1. The molecule has 8 heteroatoms. The summed E-state index contributed by atoms with van der Waals surface area (Å²) in [5.74, 6) is -1.44. The van der Waals surface area contributed by atoms with Crippen LogP contribution in [0.1, 0.15) is 91.1 Å². The highest BCUT2D eigenvalue weighted by Gasteiger charge is 2.27. The van der Waals surface area contributed by atoms with Gasteiger partial charge >= 0.3 is 5.97 Å². The molecule has 1 fully saturated rings. The first-order chi connectivity index (χ1) is 19.1. The number of benzene rings is 2. The molecule has 6 nitrogen and oxygen atoms in total. The highest BCUT2D eigenvalue weighted by Crippen LogP contribution is 2.24. The van der Waals surface area contributed by atoms with Crippen LogP contribution in [-0.2, 0) is 11.2 Å². The molecule has 3 rings (SSSR count). The van der Waals surface area contributed by atoms with Gasteiger partial charge in [-0.25, -0.2) is 13.6 Å². The van der Waals surface area contributed by atoms with Gasteiger partial charge in [-0.1, -0.05) is 33.6 Å². The molecule has 40 heavy (non-hydrogen) atoms. The molecule has 3 N–H and O–H groups in total. The molecule has 0 aliphatic heterocycles. The molecule has 1 aliphatic rings. The number of rotatable bonds is 13. The fourth-order valence-electron chi connectivity index (χ4n) is 5.58. The van der Waals surface area contributed by atoms with Crippen molar-refractivity contribution in [2.45, 2.75) is 90.8 Å². The minimum absolute atomic E-state index is 0.115. The summed E-state index contributed by atoms with van der Waals surface area (Å²) in [6.45, 7) is 9.73. The average molecular weight is 558 g/mol. The van der Waals surface area contributed by atoms with E-state index in [0.29, 0.717) is 36.7 Å². The van der Waals surface area contributed by atoms with Crippen LogP contribution < -0.4 is 11.1 Å². The second-order valence-corrected chi connectivity index (χ2v) is 11.3. The Bertz CT molecular complexity index is 1120. The number of nitrogens with one attached hydrogen (secondary N) is 1. The smallest absolute Gasteiger partial charge is 0.338 e. The van der Waals surface area contributed by atoms with Crippen molar-refractivity contribution in [1.82, 2.24) is 10.2 Å². The second-order valence-electron chi connectivity index (χ2n) is 11.3. The minimum Gasteiger partial charge on any atom is -0.456 e. The van der Waals surface area contributed by atoms with E-state index in [1.54, 1.807) is 23.1 Å². The molecule has 0 spiro atoms. The topological polar surface area (TPSA) is 84.7 Å². The number of ether oxygens (including phenoxy) is 1. The number of amides is 1. The molecular weight excluding hydrogens is 512 g/mol. The van der Waals surface area contributed by atoms with Crippen LogP contribution in [0.15, 0.2) is 36.4 Å². The Balaban J connectivity index is 1.80. The Labute approximate surface area is 237 Å². The van der Waals surface area contributed by atoms with Crippen molar-refractivity contribution < 1.29 is 23.1 Å². The third-order valence-electron chi connectivity index (χ3n) is 7.51. The number of hydrogen-bond acceptors (Lipinski definition) is 5. The van der Waals surface area contributed by atoms with E-state index in [9.17, 15) is 18.4 Å². The van der Waals surface area contributed by atoms with E-state index in [-0.39, 0.29) is 23.9 Å². The molecule has 4 atom stereocenters. The lowest BCUT2D eigenvalue weighted by Gasteiger charge is -2.31. The first-order valence-electron chi connectivity index (χ1n) is 14.6. The summed E-state index contributed by atoms with van der Waals surface area (Å²) >= 11 is 0. The van der Waals surface area contributed by atoms with Gasteiger partial charge in [0, 0.05) is 43.3 Å². The molecule has 2 aromatic rings. The average Bonchev–Trinajstić information content (AvgIpc) is 2.89. The van der Waals surface area contributed by atoms with Crippen LogP contribution in [0.5, 0.6) is 0 Å². The van der Waals surface area contributed by atoms with Gasteiger partial charge in [0.2, 0.25) is 0 Å². The third kappa shape index (κ3) is 9.37. The molecule has 0 heterocycles. The highest BCUT2D eigenvalue weighted by molar-refractivity contribution is 5.98. The summed E-state index contributed by atoms with van der Waals surface area (Å²) in [6, 6.07) is 7.95. The molecule has 0 aromatic heterocycles. The quantitative estimate of drug-likeness (QED) is 0.304. The van der Waals surface area contributed by atoms with E-state index in [0.717, 1.165) is 43.7 Å². The van der Waals surface area contributed by atoms with E-state index < -0.39 is 29.7 Å². The molecule has 1 amide bonds. The lowest BCUT2D eigenvalue weighted by Crippen LogP contribution is -2.48. The number of esters is 1. The lowest BCUT2D eigenvalue weighted by atomic mass is 9.87. The van der Waals surface area contributed by atoms with Crippen LogP contribution in [0.2, 0.25) is 0 Å². The Morgan fingerprint density at radius 2 is 1.68 bits per heavy atom. The van der Waals surface area contributed by atoms with Crippen LogP contribution in [0.4, 0.5) is 8.78 Å². The van der Waals surface area contributed by atoms with Crippen LogP contribution in [-0.4, -0.2) is 54.6 Å². The van der Waals surface area contributed by atoms with E-state index in [2.05, 4.69) is 12.2 Å². The van der Waals surface area contributed by atoms with Gasteiger partial charge in [-0.3, -0.25) is 4.79 Å². The van der Waals surface area contributed by atoms with Crippen molar-refractivity contribution in [3.05, 3.63) is 70.3 Å². The van der Waals surface area contributed by atoms with Gasteiger partial charge in [0.1, 0.15) is 17.7 Å². The number of carbonyl (C=O) groups excluding carboxylic acids is 2. The van der Waals surface area contributed by atoms with Gasteiger partial charge < -0.3 is 20.7 Å². The molecule has 220 valence electrons. The van der Waals surface area contributed by atoms with E-state index in [1.165, 1.54) is 18.6 Å². The number of hydrogen-bond donors (Lipinski definition) is 2. The van der Waals surface area contributed by atoms with E-state index in [4.69, 9.17) is 10.5 Å². The minimum atomic E-state index is -0.743. The van der Waals surface area contributed by atoms with Crippen molar-refractivity contribution in [3.63, 3.8) is 0 Å². The van der Waals surface area contributed by atoms with Crippen molar-refractivity contribution in [2.75, 3.05) is 19.6 Å². The van der Waals surface area contributed by atoms with Gasteiger partial charge in [0.15, 0.2) is 0 Å². The maximum absolute atomic E-state index is 13.8. The van der Waals surface area contributed by atoms with Crippen LogP contribution in [0.25, 0.3) is 0 Å². The summed E-state index contributed by atoms with van der Waals surface area (Å²) in [5, 5.41) is 3.52. The highest BCUT2D eigenvalue weighted by atomic mass is 19.1. The van der Waals surface area contributed by atoms with Crippen LogP contribution in [0.3, 0.4) is 0 Å². The standard InChI is InChI=1S/C32H45F2N3O3/c1-5-10-37(11-6-2)31(38)24-12-22(4)13-25(18-24)32(39)40-30(20-36-28-9-7-8-21(3)14-28)29(35)17-23-15-26(33)19-27(34)16-23/h12-13,15-16,18-19,21,28-30,36H,5-11,14,17,20,35H2,1-4H3/t21?,28?,29-,30+/m0/s1.